The van der Waals surface area contributed by atoms with Gasteiger partial charge in [0.2, 0.25) is 10.0 Å². The quantitative estimate of drug-likeness (QED) is 0.641. The zero-order chi connectivity index (χ0) is 18.9. The van der Waals surface area contributed by atoms with Gasteiger partial charge in [-0.2, -0.15) is 4.31 Å². The summed E-state index contributed by atoms with van der Waals surface area (Å²) in [5.74, 6) is 0. The number of nitrogens with zero attached hydrogens (tertiary/aromatic N) is 1. The molecule has 0 radical (unpaired) electrons. The van der Waals surface area contributed by atoms with Gasteiger partial charge in [-0.05, 0) is 55.3 Å². The predicted molar refractivity (Wildman–Crippen MR) is 105 cm³/mol. The maximum absolute atomic E-state index is 12.7. The van der Waals surface area contributed by atoms with Crippen LogP contribution in [0.3, 0.4) is 0 Å². The van der Waals surface area contributed by atoms with Gasteiger partial charge in [-0.25, -0.2) is 13.2 Å². The van der Waals surface area contributed by atoms with Crippen molar-refractivity contribution in [2.24, 2.45) is 0 Å². The van der Waals surface area contributed by atoms with E-state index in [0.717, 1.165) is 23.7 Å². The Labute approximate surface area is 157 Å². The summed E-state index contributed by atoms with van der Waals surface area (Å²) in [4.78, 5) is 15.6. The average molecular weight is 384 g/mol. The van der Waals surface area contributed by atoms with Crippen molar-refractivity contribution in [3.63, 3.8) is 0 Å². The number of aromatic amines is 1. The first-order chi connectivity index (χ1) is 13.0. The van der Waals surface area contributed by atoms with E-state index in [1.807, 2.05) is 24.4 Å². The van der Waals surface area contributed by atoms with E-state index in [9.17, 15) is 13.2 Å². The van der Waals surface area contributed by atoms with Gasteiger partial charge >= 0.3 is 6.03 Å². The van der Waals surface area contributed by atoms with Gasteiger partial charge in [0, 0.05) is 41.6 Å². The number of rotatable bonds is 4. The van der Waals surface area contributed by atoms with Crippen LogP contribution >= 0.6 is 0 Å². The van der Waals surface area contributed by atoms with Crippen LogP contribution in [0.1, 0.15) is 12.8 Å². The molecule has 1 aliphatic heterocycles. The molecule has 0 bridgehead atoms. The van der Waals surface area contributed by atoms with E-state index < -0.39 is 16.1 Å². The van der Waals surface area contributed by atoms with Crippen LogP contribution in [-0.2, 0) is 10.0 Å². The molecule has 0 atom stereocenters. The van der Waals surface area contributed by atoms with Gasteiger partial charge in [-0.1, -0.05) is 6.07 Å². The molecule has 1 saturated heterocycles. The van der Waals surface area contributed by atoms with Crippen LogP contribution in [0.15, 0.2) is 59.6 Å². The minimum absolute atomic E-state index is 0.191. The van der Waals surface area contributed by atoms with Crippen LogP contribution in [0.4, 0.5) is 16.2 Å². The van der Waals surface area contributed by atoms with Gasteiger partial charge in [-0.3, -0.25) is 0 Å². The number of sulfonamides is 1. The Balaban J connectivity index is 1.48. The molecule has 1 aromatic heterocycles. The van der Waals surface area contributed by atoms with Crippen LogP contribution in [0.2, 0.25) is 0 Å². The number of nitrogens with one attached hydrogen (secondary N) is 3. The number of aromatic nitrogens is 1. The molecule has 2 heterocycles. The fraction of sp³-hybridized carbons (Fsp3) is 0.211. The number of urea groups is 1. The second-order valence-corrected chi connectivity index (χ2v) is 8.44. The lowest BCUT2D eigenvalue weighted by Gasteiger charge is -2.16. The summed E-state index contributed by atoms with van der Waals surface area (Å²) in [6, 6.07) is 13.4. The highest BCUT2D eigenvalue weighted by Crippen LogP contribution is 2.23. The Morgan fingerprint density at radius 3 is 2.48 bits per heavy atom. The third kappa shape index (κ3) is 3.67. The zero-order valence-electron chi connectivity index (χ0n) is 14.6. The number of H-pyrrole nitrogens is 1. The molecule has 1 aliphatic rings. The van der Waals surface area contributed by atoms with E-state index in [4.69, 9.17) is 0 Å². The Bertz CT molecular complexity index is 1090. The molecule has 2 amide bonds. The van der Waals surface area contributed by atoms with Crippen LogP contribution in [0.25, 0.3) is 10.9 Å². The number of amides is 2. The first kappa shape index (κ1) is 17.6. The fourth-order valence-corrected chi connectivity index (χ4v) is 4.80. The van der Waals surface area contributed by atoms with Gasteiger partial charge in [0.25, 0.3) is 0 Å². The van der Waals surface area contributed by atoms with Crippen molar-refractivity contribution >= 4 is 38.3 Å². The SMILES string of the molecule is O=C(Nc1cccc(S(=O)(=O)N2CCCC2)c1)Nc1ccc2[nH]ccc2c1. The number of carbonyl (C=O) groups excluding carboxylic acids is 1. The Kier molecular flexibility index (Phi) is 4.59. The van der Waals surface area contributed by atoms with Crippen molar-refractivity contribution in [3.8, 4) is 0 Å². The van der Waals surface area contributed by atoms with Crippen LogP contribution in [-0.4, -0.2) is 36.8 Å². The molecule has 140 valence electrons. The molecule has 4 rings (SSSR count). The van der Waals surface area contributed by atoms with Crippen molar-refractivity contribution in [1.29, 1.82) is 0 Å². The molecular weight excluding hydrogens is 364 g/mol. The second-order valence-electron chi connectivity index (χ2n) is 6.50. The van der Waals surface area contributed by atoms with Crippen molar-refractivity contribution in [1.82, 2.24) is 9.29 Å². The lowest BCUT2D eigenvalue weighted by atomic mass is 10.2. The summed E-state index contributed by atoms with van der Waals surface area (Å²) in [5, 5.41) is 6.45. The van der Waals surface area contributed by atoms with E-state index in [2.05, 4.69) is 15.6 Å². The Hall–Kier alpha value is -2.84. The minimum atomic E-state index is -3.52. The Morgan fingerprint density at radius 1 is 0.963 bits per heavy atom. The summed E-state index contributed by atoms with van der Waals surface area (Å²) in [5.41, 5.74) is 2.07. The van der Waals surface area contributed by atoms with E-state index >= 15 is 0 Å². The number of benzene rings is 2. The standard InChI is InChI=1S/C19H20N4O3S/c24-19(22-16-6-7-18-14(12-16)8-9-20-18)21-15-4-3-5-17(13-15)27(25,26)23-10-1-2-11-23/h3-9,12-13,20H,1-2,10-11H2,(H2,21,22,24). The normalized spacial score (nSPS) is 15.1. The lowest BCUT2D eigenvalue weighted by molar-refractivity contribution is 0.262. The number of carbonyl (C=O) groups is 1. The number of hydrogen-bond acceptors (Lipinski definition) is 3. The van der Waals surface area contributed by atoms with Gasteiger partial charge in [0.05, 0.1) is 4.90 Å². The minimum Gasteiger partial charge on any atom is -0.361 e. The van der Waals surface area contributed by atoms with Crippen molar-refractivity contribution in [3.05, 3.63) is 54.7 Å². The molecular formula is C19H20N4O3S. The van der Waals surface area contributed by atoms with Crippen molar-refractivity contribution in [2.75, 3.05) is 23.7 Å². The molecule has 27 heavy (non-hydrogen) atoms. The third-order valence-electron chi connectivity index (χ3n) is 4.61. The lowest BCUT2D eigenvalue weighted by Crippen LogP contribution is -2.28. The highest BCUT2D eigenvalue weighted by atomic mass is 32.2. The maximum Gasteiger partial charge on any atom is 0.323 e. The summed E-state index contributed by atoms with van der Waals surface area (Å²) in [6.07, 6.45) is 3.59. The summed E-state index contributed by atoms with van der Waals surface area (Å²) >= 11 is 0. The maximum atomic E-state index is 12.7. The Morgan fingerprint density at radius 2 is 1.70 bits per heavy atom. The average Bonchev–Trinajstić information content (AvgIpc) is 3.33. The summed E-state index contributed by atoms with van der Waals surface area (Å²) in [6.45, 7) is 1.09. The van der Waals surface area contributed by atoms with E-state index in [0.29, 0.717) is 24.5 Å². The monoisotopic (exact) mass is 384 g/mol. The van der Waals surface area contributed by atoms with Gasteiger partial charge < -0.3 is 15.6 Å². The van der Waals surface area contributed by atoms with Crippen molar-refractivity contribution in [2.45, 2.75) is 17.7 Å². The summed E-state index contributed by atoms with van der Waals surface area (Å²) in [7, 11) is -3.52. The number of hydrogen-bond donors (Lipinski definition) is 3. The van der Waals surface area contributed by atoms with Crippen LogP contribution < -0.4 is 10.6 Å². The molecule has 1 fully saturated rings. The smallest absolute Gasteiger partial charge is 0.323 e. The van der Waals surface area contributed by atoms with E-state index in [1.54, 1.807) is 24.3 Å². The molecule has 3 aromatic rings. The predicted octanol–water partition coefficient (Wildman–Crippen LogP) is 3.60. The van der Waals surface area contributed by atoms with E-state index in [1.165, 1.54) is 10.4 Å². The van der Waals surface area contributed by atoms with Crippen LogP contribution in [0, 0.1) is 0 Å². The third-order valence-corrected chi connectivity index (χ3v) is 6.50. The molecule has 7 nitrogen and oxygen atoms in total. The first-order valence-electron chi connectivity index (χ1n) is 8.78. The van der Waals surface area contributed by atoms with Gasteiger partial charge in [0.1, 0.15) is 0 Å². The van der Waals surface area contributed by atoms with Crippen LogP contribution in [0.5, 0.6) is 0 Å². The molecule has 0 unspecified atom stereocenters. The topological polar surface area (TPSA) is 94.3 Å². The largest absolute Gasteiger partial charge is 0.361 e. The van der Waals surface area contributed by atoms with Gasteiger partial charge in [-0.15, -0.1) is 0 Å². The molecule has 0 saturated carbocycles. The van der Waals surface area contributed by atoms with Gasteiger partial charge in [0.15, 0.2) is 0 Å². The molecule has 0 spiro atoms. The fourth-order valence-electron chi connectivity index (χ4n) is 3.24. The molecule has 0 aliphatic carbocycles. The molecule has 2 aromatic carbocycles. The summed E-state index contributed by atoms with van der Waals surface area (Å²) < 4.78 is 26.8. The van der Waals surface area contributed by atoms with E-state index in [-0.39, 0.29) is 4.90 Å². The second kappa shape index (κ2) is 7.05. The number of fused-ring (bicyclic) bond motifs is 1. The molecule has 3 N–H and O–H groups in total. The zero-order valence-corrected chi connectivity index (χ0v) is 15.4. The number of anilines is 2. The first-order valence-corrected chi connectivity index (χ1v) is 10.2. The highest BCUT2D eigenvalue weighted by molar-refractivity contribution is 7.89. The van der Waals surface area contributed by atoms with Crippen molar-refractivity contribution < 1.29 is 13.2 Å². The highest BCUT2D eigenvalue weighted by Gasteiger charge is 2.27. The molecule has 8 heteroatoms.